The Hall–Kier alpha value is -2.89. The van der Waals surface area contributed by atoms with Gasteiger partial charge in [0.15, 0.2) is 11.5 Å². The summed E-state index contributed by atoms with van der Waals surface area (Å²) >= 11 is 0. The number of amides is 2. The molecule has 2 heterocycles. The van der Waals surface area contributed by atoms with E-state index in [9.17, 15) is 4.79 Å². The molecule has 0 aliphatic heterocycles. The highest BCUT2D eigenvalue weighted by Crippen LogP contribution is 2.18. The van der Waals surface area contributed by atoms with E-state index in [4.69, 9.17) is 0 Å². The number of nitrogens with zero attached hydrogens (tertiary/aromatic N) is 2. The van der Waals surface area contributed by atoms with E-state index in [1.807, 2.05) is 49.4 Å². The van der Waals surface area contributed by atoms with Crippen molar-refractivity contribution in [3.63, 3.8) is 0 Å². The molecule has 2 amide bonds. The minimum Gasteiger partial charge on any atom is -0.337 e. The molecule has 2 aromatic heterocycles. The van der Waals surface area contributed by atoms with Crippen LogP contribution in [0.25, 0.3) is 11.0 Å². The number of carbonyl (C=O) groups excluding carboxylic acids is 1. The van der Waals surface area contributed by atoms with E-state index in [1.54, 1.807) is 0 Å². The van der Waals surface area contributed by atoms with Crippen molar-refractivity contribution in [1.29, 1.82) is 0 Å². The van der Waals surface area contributed by atoms with Crippen molar-refractivity contribution in [1.82, 2.24) is 20.5 Å². The summed E-state index contributed by atoms with van der Waals surface area (Å²) in [4.78, 5) is 16.2. The van der Waals surface area contributed by atoms with E-state index in [2.05, 4.69) is 25.8 Å². The van der Waals surface area contributed by atoms with E-state index in [0.29, 0.717) is 18.0 Å². The van der Waals surface area contributed by atoms with E-state index < -0.39 is 0 Å². The van der Waals surface area contributed by atoms with Crippen LogP contribution in [-0.4, -0.2) is 27.8 Å². The fourth-order valence-corrected chi connectivity index (χ4v) is 2.21. The summed E-state index contributed by atoms with van der Waals surface area (Å²) in [7, 11) is 0. The largest absolute Gasteiger partial charge is 0.337 e. The number of pyridine rings is 1. The first-order valence-electron chi connectivity index (χ1n) is 7.13. The zero-order chi connectivity index (χ0) is 15.4. The first kappa shape index (κ1) is 14.1. The standard InChI is InChI=1S/C16H17N5O/c1-11-7-8-13-14(18-11)20-21-15(13)19-16(22)17-10-9-12-5-3-2-4-6-12/h2-8H,9-10H2,1H3,(H3,17,18,19,20,21,22). The van der Waals surface area contributed by atoms with Crippen molar-refractivity contribution in [3.8, 4) is 0 Å². The van der Waals surface area contributed by atoms with Crippen molar-refractivity contribution in [3.05, 3.63) is 53.7 Å². The molecule has 0 unspecified atom stereocenters. The van der Waals surface area contributed by atoms with Crippen LogP contribution >= 0.6 is 0 Å². The van der Waals surface area contributed by atoms with Gasteiger partial charge in [-0.1, -0.05) is 30.3 Å². The average molecular weight is 295 g/mol. The molecule has 0 spiro atoms. The lowest BCUT2D eigenvalue weighted by Gasteiger charge is -2.06. The second-order valence-corrected chi connectivity index (χ2v) is 5.04. The van der Waals surface area contributed by atoms with Crippen LogP contribution in [-0.2, 0) is 6.42 Å². The molecule has 1 aromatic carbocycles. The lowest BCUT2D eigenvalue weighted by Crippen LogP contribution is -2.30. The van der Waals surface area contributed by atoms with Gasteiger partial charge in [-0.25, -0.2) is 9.78 Å². The molecule has 3 aromatic rings. The Morgan fingerprint density at radius 2 is 2.00 bits per heavy atom. The molecule has 0 saturated heterocycles. The Bertz CT molecular complexity index is 782. The fraction of sp³-hybridized carbons (Fsp3) is 0.188. The minimum absolute atomic E-state index is 0.273. The number of aromatic nitrogens is 3. The summed E-state index contributed by atoms with van der Waals surface area (Å²) in [6.07, 6.45) is 0.788. The number of fused-ring (bicyclic) bond motifs is 1. The van der Waals surface area contributed by atoms with Crippen LogP contribution < -0.4 is 10.6 Å². The SMILES string of the molecule is Cc1ccc2c(NC(=O)NCCc3ccccc3)n[nH]c2n1. The molecule has 6 heteroatoms. The molecule has 112 valence electrons. The van der Waals surface area contributed by atoms with Crippen LogP contribution in [0.5, 0.6) is 0 Å². The van der Waals surface area contributed by atoms with Crippen molar-refractivity contribution in [2.75, 3.05) is 11.9 Å². The summed E-state index contributed by atoms with van der Waals surface area (Å²) in [6.45, 7) is 2.47. The van der Waals surface area contributed by atoms with Gasteiger partial charge in [0, 0.05) is 12.2 Å². The highest BCUT2D eigenvalue weighted by atomic mass is 16.2. The molecule has 6 nitrogen and oxygen atoms in total. The van der Waals surface area contributed by atoms with Crippen LogP contribution in [0.4, 0.5) is 10.6 Å². The molecule has 0 fully saturated rings. The maximum absolute atomic E-state index is 11.9. The normalized spacial score (nSPS) is 10.6. The average Bonchev–Trinajstić information content (AvgIpc) is 2.90. The molecular formula is C16H17N5O. The molecular weight excluding hydrogens is 278 g/mol. The van der Waals surface area contributed by atoms with Gasteiger partial charge in [0.2, 0.25) is 0 Å². The van der Waals surface area contributed by atoms with Crippen molar-refractivity contribution < 1.29 is 4.79 Å². The number of urea groups is 1. The summed E-state index contributed by atoms with van der Waals surface area (Å²) in [5.74, 6) is 0.486. The van der Waals surface area contributed by atoms with Crippen molar-refractivity contribution in [2.45, 2.75) is 13.3 Å². The topological polar surface area (TPSA) is 82.7 Å². The number of benzene rings is 1. The third kappa shape index (κ3) is 3.22. The number of hydrogen-bond acceptors (Lipinski definition) is 3. The Labute approximate surface area is 128 Å². The summed E-state index contributed by atoms with van der Waals surface area (Å²) < 4.78 is 0. The Balaban J connectivity index is 1.57. The van der Waals surface area contributed by atoms with Crippen LogP contribution in [0.1, 0.15) is 11.3 Å². The predicted octanol–water partition coefficient (Wildman–Crippen LogP) is 2.63. The molecule has 0 aliphatic rings. The molecule has 22 heavy (non-hydrogen) atoms. The van der Waals surface area contributed by atoms with Gasteiger partial charge in [0.1, 0.15) is 0 Å². The molecule has 0 bridgehead atoms. The number of aromatic amines is 1. The lowest BCUT2D eigenvalue weighted by atomic mass is 10.1. The highest BCUT2D eigenvalue weighted by Gasteiger charge is 2.09. The van der Waals surface area contributed by atoms with Gasteiger partial charge >= 0.3 is 6.03 Å². The van der Waals surface area contributed by atoms with Crippen LogP contribution in [0.15, 0.2) is 42.5 Å². The van der Waals surface area contributed by atoms with Crippen LogP contribution in [0.3, 0.4) is 0 Å². The van der Waals surface area contributed by atoms with E-state index >= 15 is 0 Å². The Morgan fingerprint density at radius 1 is 1.18 bits per heavy atom. The first-order chi connectivity index (χ1) is 10.7. The molecule has 3 rings (SSSR count). The fourth-order valence-electron chi connectivity index (χ4n) is 2.21. The van der Waals surface area contributed by atoms with Crippen LogP contribution in [0.2, 0.25) is 0 Å². The third-order valence-electron chi connectivity index (χ3n) is 3.34. The summed E-state index contributed by atoms with van der Waals surface area (Å²) in [5.41, 5.74) is 2.75. The van der Waals surface area contributed by atoms with E-state index in [0.717, 1.165) is 17.5 Å². The summed E-state index contributed by atoms with van der Waals surface area (Å²) in [6, 6.07) is 13.5. The smallest absolute Gasteiger partial charge is 0.320 e. The minimum atomic E-state index is -0.273. The van der Waals surface area contributed by atoms with Gasteiger partial charge in [-0.3, -0.25) is 10.4 Å². The Morgan fingerprint density at radius 3 is 2.82 bits per heavy atom. The number of H-pyrrole nitrogens is 1. The van der Waals surface area contributed by atoms with Gasteiger partial charge in [-0.15, -0.1) is 0 Å². The second kappa shape index (κ2) is 6.26. The molecule has 0 atom stereocenters. The molecule has 0 saturated carbocycles. The maximum Gasteiger partial charge on any atom is 0.320 e. The van der Waals surface area contributed by atoms with E-state index in [1.165, 1.54) is 5.56 Å². The van der Waals surface area contributed by atoms with Gasteiger partial charge < -0.3 is 5.32 Å². The van der Waals surface area contributed by atoms with E-state index in [-0.39, 0.29) is 6.03 Å². The summed E-state index contributed by atoms with van der Waals surface area (Å²) in [5, 5.41) is 13.3. The van der Waals surface area contributed by atoms with Gasteiger partial charge in [-0.05, 0) is 31.0 Å². The number of anilines is 1. The highest BCUT2D eigenvalue weighted by molar-refractivity contribution is 5.97. The zero-order valence-electron chi connectivity index (χ0n) is 12.3. The first-order valence-corrected chi connectivity index (χ1v) is 7.13. The number of nitrogens with one attached hydrogen (secondary N) is 3. The monoisotopic (exact) mass is 295 g/mol. The number of rotatable bonds is 4. The molecule has 0 radical (unpaired) electrons. The van der Waals surface area contributed by atoms with Crippen molar-refractivity contribution in [2.24, 2.45) is 0 Å². The van der Waals surface area contributed by atoms with Gasteiger partial charge in [0.05, 0.1) is 5.39 Å². The number of hydrogen-bond donors (Lipinski definition) is 3. The quantitative estimate of drug-likeness (QED) is 0.692. The molecule has 3 N–H and O–H groups in total. The van der Waals surface area contributed by atoms with Crippen LogP contribution in [0, 0.1) is 6.92 Å². The van der Waals surface area contributed by atoms with Crippen molar-refractivity contribution >= 4 is 22.9 Å². The number of carbonyl (C=O) groups is 1. The molecule has 0 aliphatic carbocycles. The predicted molar refractivity (Wildman–Crippen MR) is 85.8 cm³/mol. The Kier molecular flexibility index (Phi) is 4.00. The second-order valence-electron chi connectivity index (χ2n) is 5.04. The zero-order valence-corrected chi connectivity index (χ0v) is 12.3. The third-order valence-corrected chi connectivity index (χ3v) is 3.34. The maximum atomic E-state index is 11.9. The van der Waals surface area contributed by atoms with Gasteiger partial charge in [0.25, 0.3) is 0 Å². The number of aryl methyl sites for hydroxylation is 1. The lowest BCUT2D eigenvalue weighted by molar-refractivity contribution is 0.252. The van der Waals surface area contributed by atoms with Gasteiger partial charge in [-0.2, -0.15) is 5.10 Å².